The van der Waals surface area contributed by atoms with E-state index in [-0.39, 0.29) is 0 Å². The molecular formula is C12H19BrN2. The van der Waals surface area contributed by atoms with E-state index in [1.54, 1.807) is 0 Å². The minimum Gasteiger partial charge on any atom is -0.398 e. The summed E-state index contributed by atoms with van der Waals surface area (Å²) in [5, 5.41) is 0. The Bertz CT molecular complexity index is 312. The molecule has 0 aliphatic rings. The highest BCUT2D eigenvalue weighted by molar-refractivity contribution is 9.10. The van der Waals surface area contributed by atoms with Crippen LogP contribution in [0.3, 0.4) is 0 Å². The zero-order chi connectivity index (χ0) is 11.3. The average molecular weight is 271 g/mol. The van der Waals surface area contributed by atoms with Gasteiger partial charge in [-0.1, -0.05) is 35.8 Å². The zero-order valence-corrected chi connectivity index (χ0v) is 11.0. The first-order chi connectivity index (χ1) is 7.17. The molecule has 3 heteroatoms. The quantitative estimate of drug-likeness (QED) is 0.833. The number of rotatable bonds is 5. The molecule has 0 radical (unpaired) electrons. The number of hydrogen-bond donors (Lipinski definition) is 1. The molecule has 1 rings (SSSR count). The summed E-state index contributed by atoms with van der Waals surface area (Å²) < 4.78 is 1.04. The van der Waals surface area contributed by atoms with Crippen LogP contribution in [0.1, 0.15) is 25.8 Å². The van der Waals surface area contributed by atoms with E-state index in [1.165, 1.54) is 12.0 Å². The van der Waals surface area contributed by atoms with Crippen molar-refractivity contribution >= 4 is 21.6 Å². The Morgan fingerprint density at radius 2 is 2.07 bits per heavy atom. The molecule has 1 aromatic rings. The molecule has 2 nitrogen and oxygen atoms in total. The molecule has 0 amide bonds. The predicted octanol–water partition coefficient (Wildman–Crippen LogP) is 3.26. The van der Waals surface area contributed by atoms with E-state index in [0.29, 0.717) is 0 Å². The number of nitrogen functional groups attached to an aromatic ring is 1. The van der Waals surface area contributed by atoms with Gasteiger partial charge in [0, 0.05) is 16.7 Å². The molecule has 0 bridgehead atoms. The fourth-order valence-corrected chi connectivity index (χ4v) is 1.99. The van der Waals surface area contributed by atoms with Gasteiger partial charge in [0.25, 0.3) is 0 Å². The number of halogens is 1. The second-order valence-electron chi connectivity index (χ2n) is 3.71. The van der Waals surface area contributed by atoms with Gasteiger partial charge >= 0.3 is 0 Å². The summed E-state index contributed by atoms with van der Waals surface area (Å²) in [7, 11) is 0. The SMILES string of the molecule is CCCN(CC)Cc1ccc(Br)cc1N. The van der Waals surface area contributed by atoms with Crippen LogP contribution in [-0.2, 0) is 6.54 Å². The molecular weight excluding hydrogens is 252 g/mol. The lowest BCUT2D eigenvalue weighted by molar-refractivity contribution is 0.281. The van der Waals surface area contributed by atoms with Crippen molar-refractivity contribution in [2.24, 2.45) is 0 Å². The van der Waals surface area contributed by atoms with Crippen molar-refractivity contribution in [1.82, 2.24) is 4.90 Å². The van der Waals surface area contributed by atoms with Crippen molar-refractivity contribution in [2.45, 2.75) is 26.8 Å². The fraction of sp³-hybridized carbons (Fsp3) is 0.500. The Kier molecular flexibility index (Phi) is 5.12. The Labute approximate surface area is 101 Å². The highest BCUT2D eigenvalue weighted by Crippen LogP contribution is 2.19. The predicted molar refractivity (Wildman–Crippen MR) is 69.8 cm³/mol. The van der Waals surface area contributed by atoms with Crippen molar-refractivity contribution in [3.63, 3.8) is 0 Å². The third kappa shape index (κ3) is 3.84. The highest BCUT2D eigenvalue weighted by Gasteiger charge is 2.05. The molecule has 0 aliphatic heterocycles. The third-order valence-electron chi connectivity index (χ3n) is 2.49. The van der Waals surface area contributed by atoms with Crippen LogP contribution < -0.4 is 5.73 Å². The first kappa shape index (κ1) is 12.5. The molecule has 1 aromatic carbocycles. The van der Waals surface area contributed by atoms with E-state index in [9.17, 15) is 0 Å². The van der Waals surface area contributed by atoms with E-state index >= 15 is 0 Å². The second-order valence-corrected chi connectivity index (χ2v) is 4.63. The van der Waals surface area contributed by atoms with Gasteiger partial charge in [-0.25, -0.2) is 0 Å². The van der Waals surface area contributed by atoms with Crippen LogP contribution in [0.4, 0.5) is 5.69 Å². The summed E-state index contributed by atoms with van der Waals surface area (Å²) in [6, 6.07) is 6.11. The van der Waals surface area contributed by atoms with Gasteiger partial charge in [-0.3, -0.25) is 4.90 Å². The molecule has 0 fully saturated rings. The molecule has 0 aliphatic carbocycles. The van der Waals surface area contributed by atoms with E-state index < -0.39 is 0 Å². The molecule has 0 saturated carbocycles. The van der Waals surface area contributed by atoms with Gasteiger partial charge in [0.05, 0.1) is 0 Å². The van der Waals surface area contributed by atoms with Crippen LogP contribution in [-0.4, -0.2) is 18.0 Å². The molecule has 0 heterocycles. The highest BCUT2D eigenvalue weighted by atomic mass is 79.9. The lowest BCUT2D eigenvalue weighted by Crippen LogP contribution is -2.24. The summed E-state index contributed by atoms with van der Waals surface area (Å²) in [5.41, 5.74) is 8.05. The van der Waals surface area contributed by atoms with Crippen LogP contribution in [0.15, 0.2) is 22.7 Å². The zero-order valence-electron chi connectivity index (χ0n) is 9.46. The van der Waals surface area contributed by atoms with Gasteiger partial charge < -0.3 is 5.73 Å². The van der Waals surface area contributed by atoms with Crippen molar-refractivity contribution in [2.75, 3.05) is 18.8 Å². The van der Waals surface area contributed by atoms with Gasteiger partial charge in [0.2, 0.25) is 0 Å². The Balaban J connectivity index is 2.70. The molecule has 0 unspecified atom stereocenters. The van der Waals surface area contributed by atoms with Crippen molar-refractivity contribution < 1.29 is 0 Å². The number of nitrogens with zero attached hydrogens (tertiary/aromatic N) is 1. The standard InChI is InChI=1S/C12H19BrN2/c1-3-7-15(4-2)9-10-5-6-11(13)8-12(10)14/h5-6,8H,3-4,7,9,14H2,1-2H3. The van der Waals surface area contributed by atoms with Crippen LogP contribution in [0.25, 0.3) is 0 Å². The summed E-state index contributed by atoms with van der Waals surface area (Å²) in [6.45, 7) is 7.54. The van der Waals surface area contributed by atoms with Crippen molar-refractivity contribution in [1.29, 1.82) is 0 Å². The molecule has 0 aromatic heterocycles. The van der Waals surface area contributed by atoms with Crippen molar-refractivity contribution in [3.05, 3.63) is 28.2 Å². The minimum absolute atomic E-state index is 0.874. The van der Waals surface area contributed by atoms with Gasteiger partial charge in [-0.2, -0.15) is 0 Å². The molecule has 2 N–H and O–H groups in total. The van der Waals surface area contributed by atoms with Gasteiger partial charge in [-0.05, 0) is 37.2 Å². The third-order valence-corrected chi connectivity index (χ3v) is 2.98. The summed E-state index contributed by atoms with van der Waals surface area (Å²) in [6.07, 6.45) is 1.18. The monoisotopic (exact) mass is 270 g/mol. The lowest BCUT2D eigenvalue weighted by Gasteiger charge is -2.20. The van der Waals surface area contributed by atoms with E-state index in [4.69, 9.17) is 5.73 Å². The van der Waals surface area contributed by atoms with Crippen LogP contribution in [0, 0.1) is 0 Å². The van der Waals surface area contributed by atoms with Gasteiger partial charge in [0.15, 0.2) is 0 Å². The number of hydrogen-bond acceptors (Lipinski definition) is 2. The van der Waals surface area contributed by atoms with Crippen molar-refractivity contribution in [3.8, 4) is 0 Å². The molecule has 15 heavy (non-hydrogen) atoms. The maximum absolute atomic E-state index is 5.96. The van der Waals surface area contributed by atoms with E-state index in [2.05, 4.69) is 40.7 Å². The Morgan fingerprint density at radius 1 is 1.33 bits per heavy atom. The van der Waals surface area contributed by atoms with Crippen LogP contribution in [0.5, 0.6) is 0 Å². The fourth-order valence-electron chi connectivity index (χ4n) is 1.62. The number of benzene rings is 1. The van der Waals surface area contributed by atoms with Gasteiger partial charge in [0.1, 0.15) is 0 Å². The Morgan fingerprint density at radius 3 is 2.60 bits per heavy atom. The minimum atomic E-state index is 0.874. The molecule has 0 saturated heterocycles. The van der Waals surface area contributed by atoms with Crippen LogP contribution >= 0.6 is 15.9 Å². The molecule has 0 atom stereocenters. The first-order valence-corrected chi connectivity index (χ1v) is 6.23. The topological polar surface area (TPSA) is 29.3 Å². The largest absolute Gasteiger partial charge is 0.398 e. The van der Waals surface area contributed by atoms with Gasteiger partial charge in [-0.15, -0.1) is 0 Å². The van der Waals surface area contributed by atoms with E-state index in [1.807, 2.05) is 12.1 Å². The maximum Gasteiger partial charge on any atom is 0.0371 e. The smallest absolute Gasteiger partial charge is 0.0371 e. The van der Waals surface area contributed by atoms with Crippen LogP contribution in [0.2, 0.25) is 0 Å². The summed E-state index contributed by atoms with van der Waals surface area (Å²) >= 11 is 3.42. The second kappa shape index (κ2) is 6.13. The lowest BCUT2D eigenvalue weighted by atomic mass is 10.1. The maximum atomic E-state index is 5.96. The normalized spacial score (nSPS) is 10.9. The first-order valence-electron chi connectivity index (χ1n) is 5.43. The Hall–Kier alpha value is -0.540. The molecule has 84 valence electrons. The summed E-state index contributed by atoms with van der Waals surface area (Å²) in [5.74, 6) is 0. The summed E-state index contributed by atoms with van der Waals surface area (Å²) in [4.78, 5) is 2.40. The number of nitrogens with two attached hydrogens (primary N) is 1. The van der Waals surface area contributed by atoms with E-state index in [0.717, 1.165) is 29.8 Å². The number of anilines is 1. The average Bonchev–Trinajstić information content (AvgIpc) is 2.21. The molecule has 0 spiro atoms.